The van der Waals surface area contributed by atoms with E-state index in [1.807, 2.05) is 32.2 Å². The summed E-state index contributed by atoms with van der Waals surface area (Å²) in [5.74, 6) is 1.40. The van der Waals surface area contributed by atoms with Crippen LogP contribution in [0.2, 0.25) is 0 Å². The van der Waals surface area contributed by atoms with Gasteiger partial charge < -0.3 is 10.5 Å². The number of nitrogens with two attached hydrogens (primary N) is 1. The Hall–Kier alpha value is -2.48. The quantitative estimate of drug-likeness (QED) is 0.846. The van der Waals surface area contributed by atoms with Crippen molar-refractivity contribution in [3.05, 3.63) is 41.1 Å². The Labute approximate surface area is 118 Å². The fourth-order valence-corrected chi connectivity index (χ4v) is 2.15. The molecule has 104 valence electrons. The van der Waals surface area contributed by atoms with E-state index in [1.165, 1.54) is 0 Å². The molecular formula is C15H18N4O. The Morgan fingerprint density at radius 3 is 2.60 bits per heavy atom. The maximum Gasteiger partial charge on any atom is 0.145 e. The number of nitrogens with zero attached hydrogens (tertiary/aromatic N) is 3. The molecule has 0 bridgehead atoms. The summed E-state index contributed by atoms with van der Waals surface area (Å²) in [6.45, 7) is 5.29. The summed E-state index contributed by atoms with van der Waals surface area (Å²) in [4.78, 5) is 0. The van der Waals surface area contributed by atoms with Crippen LogP contribution in [0.15, 0.2) is 24.4 Å². The molecule has 5 heteroatoms. The first-order chi connectivity index (χ1) is 9.60. The van der Waals surface area contributed by atoms with Gasteiger partial charge in [0.25, 0.3) is 0 Å². The molecule has 0 unspecified atom stereocenters. The van der Waals surface area contributed by atoms with Crippen molar-refractivity contribution < 1.29 is 4.74 Å². The molecule has 0 saturated carbocycles. The van der Waals surface area contributed by atoms with Gasteiger partial charge >= 0.3 is 0 Å². The average Bonchev–Trinajstić information content (AvgIpc) is 2.82. The zero-order chi connectivity index (χ0) is 14.5. The molecule has 20 heavy (non-hydrogen) atoms. The zero-order valence-electron chi connectivity index (χ0n) is 11.8. The third kappa shape index (κ3) is 3.29. The minimum atomic E-state index is 0.532. The smallest absolute Gasteiger partial charge is 0.145 e. The van der Waals surface area contributed by atoms with Crippen LogP contribution in [0.4, 0.5) is 5.82 Å². The molecule has 2 aromatic rings. The van der Waals surface area contributed by atoms with Crippen molar-refractivity contribution in [3.63, 3.8) is 0 Å². The molecule has 0 fully saturated rings. The predicted molar refractivity (Wildman–Crippen MR) is 77.4 cm³/mol. The van der Waals surface area contributed by atoms with Gasteiger partial charge in [0, 0.05) is 19.2 Å². The monoisotopic (exact) mass is 270 g/mol. The summed E-state index contributed by atoms with van der Waals surface area (Å²) in [7, 11) is 0. The van der Waals surface area contributed by atoms with E-state index in [0.717, 1.165) is 29.8 Å². The van der Waals surface area contributed by atoms with Gasteiger partial charge in [0.05, 0.1) is 18.2 Å². The fourth-order valence-electron chi connectivity index (χ4n) is 2.15. The maximum absolute atomic E-state index is 8.91. The molecular weight excluding hydrogens is 252 g/mol. The van der Waals surface area contributed by atoms with Crippen LogP contribution in [-0.2, 0) is 6.54 Å². The molecule has 0 radical (unpaired) electrons. The largest absolute Gasteiger partial charge is 0.493 e. The number of anilines is 1. The highest BCUT2D eigenvalue weighted by atomic mass is 16.5. The first kappa shape index (κ1) is 13.9. The number of hydrogen-bond acceptors (Lipinski definition) is 4. The van der Waals surface area contributed by atoms with Crippen LogP contribution >= 0.6 is 0 Å². The van der Waals surface area contributed by atoms with Crippen LogP contribution in [-0.4, -0.2) is 16.4 Å². The lowest BCUT2D eigenvalue weighted by Crippen LogP contribution is -2.06. The third-order valence-corrected chi connectivity index (χ3v) is 3.03. The number of ether oxygens (including phenoxy) is 1. The van der Waals surface area contributed by atoms with Crippen LogP contribution < -0.4 is 10.5 Å². The molecule has 0 aliphatic carbocycles. The van der Waals surface area contributed by atoms with Gasteiger partial charge in [-0.15, -0.1) is 0 Å². The molecule has 0 atom stereocenters. The second-order valence-corrected chi connectivity index (χ2v) is 4.76. The molecule has 5 nitrogen and oxygen atoms in total. The van der Waals surface area contributed by atoms with Crippen molar-refractivity contribution in [1.29, 1.82) is 5.26 Å². The molecule has 1 aromatic heterocycles. The number of nitriles is 1. The number of aryl methyl sites for hydroxylation is 3. The number of aromatic nitrogens is 2. The Bertz CT molecular complexity index is 617. The Morgan fingerprint density at radius 2 is 2.05 bits per heavy atom. The van der Waals surface area contributed by atoms with Crippen LogP contribution in [0.25, 0.3) is 0 Å². The lowest BCUT2D eigenvalue weighted by atomic mass is 10.1. The van der Waals surface area contributed by atoms with Crippen LogP contribution in [0, 0.1) is 25.2 Å². The summed E-state index contributed by atoms with van der Waals surface area (Å²) in [5, 5.41) is 13.0. The van der Waals surface area contributed by atoms with Crippen molar-refractivity contribution in [2.24, 2.45) is 0 Å². The van der Waals surface area contributed by atoms with Gasteiger partial charge in [0.2, 0.25) is 0 Å². The first-order valence-corrected chi connectivity index (χ1v) is 6.53. The van der Waals surface area contributed by atoms with Crippen molar-refractivity contribution >= 4 is 5.82 Å². The van der Waals surface area contributed by atoms with Crippen LogP contribution in [0.5, 0.6) is 5.75 Å². The van der Waals surface area contributed by atoms with Gasteiger partial charge in [0.15, 0.2) is 0 Å². The average molecular weight is 270 g/mol. The lowest BCUT2D eigenvalue weighted by Gasteiger charge is -2.12. The van der Waals surface area contributed by atoms with Gasteiger partial charge in [-0.05, 0) is 43.2 Å². The second-order valence-electron chi connectivity index (χ2n) is 4.76. The normalized spacial score (nSPS) is 10.2. The molecule has 2 rings (SSSR count). The topological polar surface area (TPSA) is 76.9 Å². The number of benzene rings is 1. The number of hydrogen-bond donors (Lipinski definition) is 1. The summed E-state index contributed by atoms with van der Waals surface area (Å²) in [6, 6.07) is 7.61. The molecule has 2 N–H and O–H groups in total. The molecule has 0 spiro atoms. The van der Waals surface area contributed by atoms with E-state index in [2.05, 4.69) is 11.2 Å². The Kier molecular flexibility index (Phi) is 4.26. The molecule has 0 saturated heterocycles. The SMILES string of the molecule is Cc1cc(C#N)cc(C)c1OCCCn1ccc(N)n1. The molecule has 0 aliphatic rings. The summed E-state index contributed by atoms with van der Waals surface area (Å²) in [6.07, 6.45) is 2.70. The zero-order valence-corrected chi connectivity index (χ0v) is 11.8. The van der Waals surface area contributed by atoms with E-state index < -0.39 is 0 Å². The van der Waals surface area contributed by atoms with E-state index in [0.29, 0.717) is 18.0 Å². The third-order valence-electron chi connectivity index (χ3n) is 3.03. The van der Waals surface area contributed by atoms with Gasteiger partial charge in [-0.3, -0.25) is 4.68 Å². The first-order valence-electron chi connectivity index (χ1n) is 6.53. The lowest BCUT2D eigenvalue weighted by molar-refractivity contribution is 0.295. The molecule has 1 aromatic carbocycles. The summed E-state index contributed by atoms with van der Waals surface area (Å²) >= 11 is 0. The van der Waals surface area contributed by atoms with E-state index in [1.54, 1.807) is 10.7 Å². The highest BCUT2D eigenvalue weighted by Crippen LogP contribution is 2.24. The minimum absolute atomic E-state index is 0.532. The Morgan fingerprint density at radius 1 is 1.35 bits per heavy atom. The predicted octanol–water partition coefficient (Wildman–Crippen LogP) is 2.42. The van der Waals surface area contributed by atoms with Gasteiger partial charge in [-0.25, -0.2) is 0 Å². The van der Waals surface area contributed by atoms with Crippen molar-refractivity contribution in [2.75, 3.05) is 12.3 Å². The van der Waals surface area contributed by atoms with Crippen molar-refractivity contribution in [1.82, 2.24) is 9.78 Å². The summed E-state index contributed by atoms with van der Waals surface area (Å²) in [5.41, 5.74) is 8.20. The molecule has 0 aliphatic heterocycles. The second kappa shape index (κ2) is 6.11. The summed E-state index contributed by atoms with van der Waals surface area (Å²) < 4.78 is 7.62. The van der Waals surface area contributed by atoms with E-state index in [9.17, 15) is 0 Å². The minimum Gasteiger partial charge on any atom is -0.493 e. The maximum atomic E-state index is 8.91. The van der Waals surface area contributed by atoms with Gasteiger partial charge in [-0.1, -0.05) is 0 Å². The number of nitrogen functional groups attached to an aromatic ring is 1. The molecule has 1 heterocycles. The van der Waals surface area contributed by atoms with Gasteiger partial charge in [-0.2, -0.15) is 10.4 Å². The number of rotatable bonds is 5. The Balaban J connectivity index is 1.90. The standard InChI is InChI=1S/C15H18N4O/c1-11-8-13(10-16)9-12(2)15(11)20-7-3-5-19-6-4-14(17)18-19/h4,6,8-9H,3,5,7H2,1-2H3,(H2,17,18). The fraction of sp³-hybridized carbons (Fsp3) is 0.333. The van der Waals surface area contributed by atoms with Crippen molar-refractivity contribution in [3.8, 4) is 11.8 Å². The highest BCUT2D eigenvalue weighted by Gasteiger charge is 2.06. The van der Waals surface area contributed by atoms with E-state index in [4.69, 9.17) is 15.7 Å². The van der Waals surface area contributed by atoms with Crippen LogP contribution in [0.1, 0.15) is 23.1 Å². The van der Waals surface area contributed by atoms with Crippen LogP contribution in [0.3, 0.4) is 0 Å². The molecule has 0 amide bonds. The van der Waals surface area contributed by atoms with E-state index >= 15 is 0 Å². The van der Waals surface area contributed by atoms with Gasteiger partial charge in [0.1, 0.15) is 11.6 Å². The highest BCUT2D eigenvalue weighted by molar-refractivity contribution is 5.47. The van der Waals surface area contributed by atoms with E-state index in [-0.39, 0.29) is 0 Å². The van der Waals surface area contributed by atoms with Crippen molar-refractivity contribution in [2.45, 2.75) is 26.8 Å².